The maximum atomic E-state index is 14.0. The lowest BCUT2D eigenvalue weighted by atomic mass is 9.77. The average molecular weight is 370 g/mol. The number of carboxylic acid groups (broad SMARTS) is 1. The molecule has 24 heavy (non-hydrogen) atoms. The number of ether oxygens (including phenoxy) is 1. The van der Waals surface area contributed by atoms with Crippen molar-refractivity contribution >= 4 is 17.7 Å². The number of thioether (sulfide) groups is 1. The second-order valence-electron chi connectivity index (χ2n) is 5.78. The molecular formula is C15H15F5O3S. The van der Waals surface area contributed by atoms with Crippen LogP contribution in [-0.4, -0.2) is 35.2 Å². The van der Waals surface area contributed by atoms with Gasteiger partial charge in [0.05, 0.1) is 0 Å². The van der Waals surface area contributed by atoms with E-state index >= 15 is 0 Å². The monoisotopic (exact) mass is 370 g/mol. The van der Waals surface area contributed by atoms with Crippen molar-refractivity contribution in [3.8, 4) is 0 Å². The van der Waals surface area contributed by atoms with E-state index in [4.69, 9.17) is 4.74 Å². The predicted molar refractivity (Wildman–Crippen MR) is 77.0 cm³/mol. The molecule has 0 aromatic heterocycles. The first-order valence-electron chi connectivity index (χ1n) is 6.95. The third kappa shape index (κ3) is 2.77. The standard InChI is InChI=1S/C15H15F5O3S/c1-6-9(7-4-5-8(16)10(17)12(7)24-3)11(13(21)22)23-14(6,2)15(18,19)20/h4-6,9,11H,1-3H3,(H,21,22)/t6-,9-,11+,14+/m1/s1. The van der Waals surface area contributed by atoms with Gasteiger partial charge in [-0.2, -0.15) is 13.2 Å². The van der Waals surface area contributed by atoms with Crippen LogP contribution in [0, 0.1) is 17.6 Å². The van der Waals surface area contributed by atoms with Gasteiger partial charge in [-0.05, 0) is 24.8 Å². The van der Waals surface area contributed by atoms with Crippen LogP contribution in [0.15, 0.2) is 17.0 Å². The zero-order chi connectivity index (χ0) is 18.4. The van der Waals surface area contributed by atoms with E-state index in [1.54, 1.807) is 0 Å². The number of carbonyl (C=O) groups is 1. The second-order valence-corrected chi connectivity index (χ2v) is 6.60. The Morgan fingerprint density at radius 3 is 2.38 bits per heavy atom. The summed E-state index contributed by atoms with van der Waals surface area (Å²) in [4.78, 5) is 11.2. The smallest absolute Gasteiger partial charge is 0.417 e. The van der Waals surface area contributed by atoms with Gasteiger partial charge in [0, 0.05) is 16.7 Å². The summed E-state index contributed by atoms with van der Waals surface area (Å²) >= 11 is 0.802. The van der Waals surface area contributed by atoms with E-state index in [9.17, 15) is 31.9 Å². The number of benzene rings is 1. The lowest BCUT2D eigenvalue weighted by Crippen LogP contribution is -2.47. The normalized spacial score (nSPS) is 30.6. The molecule has 0 unspecified atom stereocenters. The van der Waals surface area contributed by atoms with Gasteiger partial charge >= 0.3 is 12.1 Å². The molecule has 1 aromatic carbocycles. The fraction of sp³-hybridized carbons (Fsp3) is 0.533. The van der Waals surface area contributed by atoms with Gasteiger partial charge in [-0.3, -0.25) is 0 Å². The first-order chi connectivity index (χ1) is 11.0. The van der Waals surface area contributed by atoms with Gasteiger partial charge in [0.2, 0.25) is 0 Å². The molecule has 0 aliphatic carbocycles. The second kappa shape index (κ2) is 6.18. The van der Waals surface area contributed by atoms with Gasteiger partial charge in [-0.1, -0.05) is 13.0 Å². The van der Waals surface area contributed by atoms with E-state index in [0.29, 0.717) is 0 Å². The van der Waals surface area contributed by atoms with Gasteiger partial charge in [0.1, 0.15) is 0 Å². The average Bonchev–Trinajstić information content (AvgIpc) is 2.75. The van der Waals surface area contributed by atoms with E-state index in [-0.39, 0.29) is 10.5 Å². The lowest BCUT2D eigenvalue weighted by molar-refractivity contribution is -0.273. The molecule has 0 spiro atoms. The minimum atomic E-state index is -4.81. The Morgan fingerprint density at radius 2 is 1.92 bits per heavy atom. The van der Waals surface area contributed by atoms with Crippen molar-refractivity contribution in [2.24, 2.45) is 5.92 Å². The zero-order valence-electron chi connectivity index (χ0n) is 12.9. The van der Waals surface area contributed by atoms with Crippen molar-refractivity contribution in [2.75, 3.05) is 6.26 Å². The molecule has 4 atom stereocenters. The lowest BCUT2D eigenvalue weighted by Gasteiger charge is -2.32. The summed E-state index contributed by atoms with van der Waals surface area (Å²) in [6.07, 6.45) is -5.20. The molecule has 0 saturated carbocycles. The van der Waals surface area contributed by atoms with Crippen molar-refractivity contribution in [3.63, 3.8) is 0 Å². The van der Waals surface area contributed by atoms with Crippen LogP contribution >= 0.6 is 11.8 Å². The maximum absolute atomic E-state index is 14.0. The van der Waals surface area contributed by atoms with Crippen LogP contribution in [0.25, 0.3) is 0 Å². The number of rotatable bonds is 3. The van der Waals surface area contributed by atoms with E-state index in [2.05, 4.69) is 0 Å². The molecular weight excluding hydrogens is 355 g/mol. The Kier molecular flexibility index (Phi) is 4.89. The number of halogens is 5. The van der Waals surface area contributed by atoms with Gasteiger partial charge in [0.25, 0.3) is 0 Å². The van der Waals surface area contributed by atoms with Crippen molar-refractivity contribution in [1.29, 1.82) is 0 Å². The summed E-state index contributed by atoms with van der Waals surface area (Å²) in [7, 11) is 0. The van der Waals surface area contributed by atoms with E-state index in [1.807, 2.05) is 0 Å². The minimum absolute atomic E-state index is 0.00530. The number of carboxylic acids is 1. The fourth-order valence-electron chi connectivity index (χ4n) is 3.03. The van der Waals surface area contributed by atoms with Gasteiger partial charge < -0.3 is 9.84 Å². The third-order valence-electron chi connectivity index (χ3n) is 4.56. The molecule has 1 fully saturated rings. The van der Waals surface area contributed by atoms with Crippen LogP contribution in [0.3, 0.4) is 0 Å². The number of alkyl halides is 3. The maximum Gasteiger partial charge on any atom is 0.417 e. The Hall–Kier alpha value is -1.35. The van der Waals surface area contributed by atoms with Crippen LogP contribution in [-0.2, 0) is 9.53 Å². The molecule has 1 aliphatic rings. The summed E-state index contributed by atoms with van der Waals surface area (Å²) in [6, 6.07) is 1.89. The molecule has 1 saturated heterocycles. The van der Waals surface area contributed by atoms with Crippen LogP contribution in [0.1, 0.15) is 25.3 Å². The van der Waals surface area contributed by atoms with Gasteiger partial charge in [0.15, 0.2) is 23.3 Å². The van der Waals surface area contributed by atoms with Crippen molar-refractivity contribution in [1.82, 2.24) is 0 Å². The van der Waals surface area contributed by atoms with E-state index in [1.165, 1.54) is 13.2 Å². The molecule has 1 aromatic rings. The number of hydrogen-bond acceptors (Lipinski definition) is 3. The molecule has 3 nitrogen and oxygen atoms in total. The van der Waals surface area contributed by atoms with Gasteiger partial charge in [-0.15, -0.1) is 11.8 Å². The fourth-order valence-corrected chi connectivity index (χ4v) is 3.74. The van der Waals surface area contributed by atoms with Crippen molar-refractivity contribution < 1.29 is 36.6 Å². The molecule has 1 heterocycles. The van der Waals surface area contributed by atoms with Gasteiger partial charge in [-0.25, -0.2) is 13.6 Å². The Labute approximate surface area is 139 Å². The Balaban J connectivity index is 2.64. The van der Waals surface area contributed by atoms with Crippen molar-refractivity contribution in [2.45, 2.75) is 42.5 Å². The highest BCUT2D eigenvalue weighted by Crippen LogP contribution is 2.54. The van der Waals surface area contributed by atoms with Crippen molar-refractivity contribution in [3.05, 3.63) is 29.3 Å². The molecule has 134 valence electrons. The number of hydrogen-bond donors (Lipinski definition) is 1. The first-order valence-corrected chi connectivity index (χ1v) is 8.17. The largest absolute Gasteiger partial charge is 0.479 e. The van der Waals surface area contributed by atoms with E-state index < -0.39 is 47.3 Å². The molecule has 1 N–H and O–H groups in total. The molecule has 9 heteroatoms. The van der Waals surface area contributed by atoms with Crippen LogP contribution < -0.4 is 0 Å². The summed E-state index contributed by atoms with van der Waals surface area (Å²) < 4.78 is 72.4. The summed E-state index contributed by atoms with van der Waals surface area (Å²) in [5.74, 6) is -6.53. The zero-order valence-corrected chi connectivity index (χ0v) is 13.8. The Bertz CT molecular complexity index is 663. The highest BCUT2D eigenvalue weighted by atomic mass is 32.2. The molecule has 1 aliphatic heterocycles. The predicted octanol–water partition coefficient (Wildman–Crippen LogP) is 4.21. The quantitative estimate of drug-likeness (QED) is 0.640. The first kappa shape index (κ1) is 19.0. The molecule has 0 bridgehead atoms. The SMILES string of the molecule is CSc1c([C@@H]2[C@@H](C(=O)O)O[C@](C)(C(F)(F)F)[C@@H]2C)ccc(F)c1F. The topological polar surface area (TPSA) is 46.5 Å². The number of aliphatic carboxylic acids is 1. The van der Waals surface area contributed by atoms with Crippen LogP contribution in [0.4, 0.5) is 22.0 Å². The highest BCUT2D eigenvalue weighted by molar-refractivity contribution is 7.98. The summed E-state index contributed by atoms with van der Waals surface area (Å²) in [5, 5.41) is 9.28. The van der Waals surface area contributed by atoms with Crippen LogP contribution in [0.5, 0.6) is 0 Å². The summed E-state index contributed by atoms with van der Waals surface area (Å²) in [5.41, 5.74) is -2.71. The minimum Gasteiger partial charge on any atom is -0.479 e. The highest BCUT2D eigenvalue weighted by Gasteiger charge is 2.65. The third-order valence-corrected chi connectivity index (χ3v) is 5.38. The van der Waals surface area contributed by atoms with E-state index in [0.717, 1.165) is 30.8 Å². The van der Waals surface area contributed by atoms with Crippen LogP contribution in [0.2, 0.25) is 0 Å². The molecule has 0 amide bonds. The Morgan fingerprint density at radius 1 is 1.33 bits per heavy atom. The molecule has 2 rings (SSSR count). The summed E-state index contributed by atoms with van der Waals surface area (Å²) in [6.45, 7) is 1.97. The molecule has 0 radical (unpaired) electrons.